The average Bonchev–Trinajstić information content (AvgIpc) is 2.64. The van der Waals surface area contributed by atoms with Gasteiger partial charge in [0, 0.05) is 16.7 Å². The van der Waals surface area contributed by atoms with Crippen LogP contribution in [0.2, 0.25) is 0 Å². The summed E-state index contributed by atoms with van der Waals surface area (Å²) in [6.07, 6.45) is -1.00. The van der Waals surface area contributed by atoms with Crippen LogP contribution >= 0.6 is 0 Å². The van der Waals surface area contributed by atoms with E-state index in [0.29, 0.717) is 5.56 Å². The van der Waals surface area contributed by atoms with Gasteiger partial charge in [0.05, 0.1) is 6.10 Å². The molecule has 5 heteroatoms. The summed E-state index contributed by atoms with van der Waals surface area (Å²) in [5.41, 5.74) is 2.08. The summed E-state index contributed by atoms with van der Waals surface area (Å²) in [5.74, 6) is 5.19. The van der Waals surface area contributed by atoms with E-state index in [0.717, 1.165) is 11.1 Å². The van der Waals surface area contributed by atoms with Crippen LogP contribution < -0.4 is 5.32 Å². The Morgan fingerprint density at radius 3 is 2.16 bits per heavy atom. The van der Waals surface area contributed by atoms with E-state index in [1.165, 1.54) is 14.0 Å². The molecule has 25 heavy (non-hydrogen) atoms. The van der Waals surface area contributed by atoms with Gasteiger partial charge in [0.15, 0.2) is 7.11 Å². The van der Waals surface area contributed by atoms with E-state index in [9.17, 15) is 14.7 Å². The maximum Gasteiger partial charge on any atom is 0.508 e. The van der Waals surface area contributed by atoms with Crippen LogP contribution in [0, 0.1) is 11.8 Å². The van der Waals surface area contributed by atoms with Crippen molar-refractivity contribution in [1.82, 2.24) is 5.32 Å². The van der Waals surface area contributed by atoms with Crippen molar-refractivity contribution in [3.8, 4) is 11.8 Å². The number of carbonyl (C=O) groups excluding carboxylic acids is 2. The molecule has 0 aliphatic heterocycles. The molecule has 2 aromatic rings. The third-order valence-electron chi connectivity index (χ3n) is 3.52. The number of hydrogen-bond donors (Lipinski definition) is 2. The predicted octanol–water partition coefficient (Wildman–Crippen LogP) is 1.71. The van der Waals surface area contributed by atoms with Crippen LogP contribution in [0.25, 0.3) is 0 Å². The fraction of sp³-hybridized carbons (Fsp3) is 0.200. The van der Waals surface area contributed by atoms with E-state index in [4.69, 9.17) is 0 Å². The van der Waals surface area contributed by atoms with Crippen LogP contribution in [0.15, 0.2) is 54.6 Å². The second-order valence-corrected chi connectivity index (χ2v) is 5.43. The zero-order valence-corrected chi connectivity index (χ0v) is 14.1. The molecule has 2 atom stereocenters. The molecule has 0 aliphatic carbocycles. The lowest BCUT2D eigenvalue weighted by atomic mass is 10.1. The number of esters is 1. The highest BCUT2D eigenvalue weighted by Gasteiger charge is 2.32. The average molecular weight is 338 g/mol. The molecule has 0 spiro atoms. The molecule has 0 aromatic heterocycles. The Hall–Kier alpha value is -3.10. The number of ether oxygens (including phenoxy) is 1. The molecule has 3 N–H and O–H groups in total. The first-order valence-corrected chi connectivity index (χ1v) is 7.77. The molecule has 0 bridgehead atoms. The maximum absolute atomic E-state index is 12.2. The van der Waals surface area contributed by atoms with Gasteiger partial charge >= 0.3 is 5.97 Å². The lowest BCUT2D eigenvalue weighted by Gasteiger charge is -2.15. The number of benzene rings is 2. The SMILES string of the molecule is COC(=[OH+])[C@@H](NC(=O)c1ccc(C#Cc2ccccc2)cc1)[C@@H](C)O. The third-order valence-corrected chi connectivity index (χ3v) is 3.52. The van der Waals surface area contributed by atoms with E-state index in [2.05, 4.69) is 21.9 Å². The van der Waals surface area contributed by atoms with Crippen molar-refractivity contribution in [3.63, 3.8) is 0 Å². The van der Waals surface area contributed by atoms with Crippen LogP contribution in [-0.2, 0) is 4.74 Å². The second-order valence-electron chi connectivity index (χ2n) is 5.43. The number of aliphatic hydroxyl groups excluding tert-OH is 1. The highest BCUT2D eigenvalue weighted by molar-refractivity contribution is 5.97. The zero-order valence-electron chi connectivity index (χ0n) is 14.1. The maximum atomic E-state index is 12.2. The lowest BCUT2D eigenvalue weighted by molar-refractivity contribution is 0.0878. The van der Waals surface area contributed by atoms with Gasteiger partial charge in [-0.15, -0.1) is 0 Å². The Labute approximate surface area is 146 Å². The van der Waals surface area contributed by atoms with E-state index >= 15 is 0 Å². The van der Waals surface area contributed by atoms with E-state index < -0.39 is 24.0 Å². The predicted molar refractivity (Wildman–Crippen MR) is 95.8 cm³/mol. The minimum absolute atomic E-state index is 0.389. The molecule has 0 radical (unpaired) electrons. The Kier molecular flexibility index (Phi) is 6.33. The number of methoxy groups -OCH3 is 1. The van der Waals surface area contributed by atoms with Gasteiger partial charge in [-0.2, -0.15) is 0 Å². The molecule has 1 amide bonds. The van der Waals surface area contributed by atoms with Crippen LogP contribution in [0.5, 0.6) is 0 Å². The molecule has 0 heterocycles. The number of amides is 1. The minimum Gasteiger partial charge on any atom is -0.390 e. The highest BCUT2D eigenvalue weighted by Crippen LogP contribution is 2.06. The van der Waals surface area contributed by atoms with Crippen LogP contribution in [0.3, 0.4) is 0 Å². The Bertz CT molecular complexity index is 786. The molecule has 0 saturated heterocycles. The van der Waals surface area contributed by atoms with Crippen molar-refractivity contribution >= 4 is 11.9 Å². The second kappa shape index (κ2) is 8.67. The van der Waals surface area contributed by atoms with E-state index in [-0.39, 0.29) is 0 Å². The van der Waals surface area contributed by atoms with Crippen LogP contribution in [0.1, 0.15) is 28.4 Å². The van der Waals surface area contributed by atoms with Gasteiger partial charge in [0.1, 0.15) is 0 Å². The molecular formula is C20H20NO4+. The molecule has 2 rings (SSSR count). The van der Waals surface area contributed by atoms with Crippen molar-refractivity contribution in [2.45, 2.75) is 19.1 Å². The third kappa shape index (κ3) is 5.20. The molecule has 5 nitrogen and oxygen atoms in total. The monoisotopic (exact) mass is 338 g/mol. The molecule has 0 saturated carbocycles. The first kappa shape index (κ1) is 18.2. The molecule has 0 unspecified atom stereocenters. The highest BCUT2D eigenvalue weighted by atomic mass is 16.5. The van der Waals surface area contributed by atoms with Crippen LogP contribution in [0.4, 0.5) is 0 Å². The fourth-order valence-corrected chi connectivity index (χ4v) is 2.11. The normalized spacial score (nSPS) is 12.3. The lowest BCUT2D eigenvalue weighted by Crippen LogP contribution is -2.48. The van der Waals surface area contributed by atoms with Crippen molar-refractivity contribution < 1.29 is 19.4 Å². The summed E-state index contributed by atoms with van der Waals surface area (Å²) >= 11 is 0. The Morgan fingerprint density at radius 1 is 1.08 bits per heavy atom. The number of aliphatic hydroxyl groups is 1. The van der Waals surface area contributed by atoms with Crippen LogP contribution in [-0.4, -0.2) is 41.0 Å². The summed E-state index contributed by atoms with van der Waals surface area (Å²) in [7, 11) is 1.26. The van der Waals surface area contributed by atoms with Gasteiger partial charge in [0.2, 0.25) is 6.04 Å². The summed E-state index contributed by atoms with van der Waals surface area (Å²) in [4.78, 5) is 21.8. The molecule has 0 fully saturated rings. The quantitative estimate of drug-likeness (QED) is 0.506. The zero-order chi connectivity index (χ0) is 18.2. The molecule has 128 valence electrons. The molecular weight excluding hydrogens is 318 g/mol. The first-order chi connectivity index (χ1) is 12.0. The van der Waals surface area contributed by atoms with Crippen molar-refractivity contribution in [3.05, 3.63) is 71.3 Å². The van der Waals surface area contributed by atoms with Gasteiger partial charge in [-0.25, -0.2) is 0 Å². The van der Waals surface area contributed by atoms with Crippen molar-refractivity contribution in [2.24, 2.45) is 0 Å². The van der Waals surface area contributed by atoms with Gasteiger partial charge in [-0.05, 0) is 43.3 Å². The molecule has 0 aliphatic rings. The van der Waals surface area contributed by atoms with Crippen molar-refractivity contribution in [2.75, 3.05) is 7.11 Å². The Morgan fingerprint density at radius 2 is 1.64 bits per heavy atom. The summed E-state index contributed by atoms with van der Waals surface area (Å²) < 4.78 is 4.68. The summed E-state index contributed by atoms with van der Waals surface area (Å²) in [6, 6.07) is 15.3. The number of rotatable bonds is 4. The minimum atomic E-state index is -1.00. The Balaban J connectivity index is 2.07. The smallest absolute Gasteiger partial charge is 0.390 e. The summed E-state index contributed by atoms with van der Waals surface area (Å²) in [5, 5.41) is 12.2. The number of hydrogen-bond acceptors (Lipinski definition) is 3. The van der Waals surface area contributed by atoms with E-state index in [1.807, 2.05) is 30.3 Å². The summed E-state index contributed by atoms with van der Waals surface area (Å²) in [6.45, 7) is 1.45. The van der Waals surface area contributed by atoms with Gasteiger partial charge in [-0.1, -0.05) is 30.0 Å². The van der Waals surface area contributed by atoms with Crippen molar-refractivity contribution in [1.29, 1.82) is 0 Å². The van der Waals surface area contributed by atoms with Gasteiger partial charge in [-0.3, -0.25) is 4.79 Å². The van der Waals surface area contributed by atoms with E-state index in [1.54, 1.807) is 24.3 Å². The molecule has 2 aromatic carbocycles. The fourth-order valence-electron chi connectivity index (χ4n) is 2.11. The number of nitrogens with one attached hydrogen (secondary N) is 1. The van der Waals surface area contributed by atoms with Gasteiger partial charge in [0.25, 0.3) is 5.91 Å². The van der Waals surface area contributed by atoms with Gasteiger partial charge < -0.3 is 20.0 Å². The first-order valence-electron chi connectivity index (χ1n) is 7.77. The topological polar surface area (TPSA) is 80.0 Å². The number of carbonyl (C=O) groups is 1. The standard InChI is InChI=1S/C20H19NO4/c1-14(22)18(20(24)25-2)21-19(23)17-12-10-16(11-13-17)9-8-15-6-4-3-5-7-15/h3-7,10-14,18,22H,1-2H3,(H,21,23)/p+1/t14-,18+/m1/s1. The largest absolute Gasteiger partial charge is 0.508 e.